The Morgan fingerprint density at radius 3 is 2.71 bits per heavy atom. The summed E-state index contributed by atoms with van der Waals surface area (Å²) in [5.74, 6) is 0.844. The summed E-state index contributed by atoms with van der Waals surface area (Å²) in [5, 5.41) is 6.45. The molecule has 1 heterocycles. The lowest BCUT2D eigenvalue weighted by molar-refractivity contribution is 0.0238. The second-order valence-electron chi connectivity index (χ2n) is 6.34. The summed E-state index contributed by atoms with van der Waals surface area (Å²) in [6.07, 6.45) is 3.04. The number of hydrogen-bond donors (Lipinski definition) is 2. The number of hydrogen-bond acceptors (Lipinski definition) is 5. The minimum atomic E-state index is -0.438. The van der Waals surface area contributed by atoms with Crippen molar-refractivity contribution in [1.29, 1.82) is 0 Å². The number of aliphatic imine (C=N–C) groups is 1. The topological polar surface area (TPSA) is 66.0 Å². The molecule has 7 heteroatoms. The van der Waals surface area contributed by atoms with Gasteiger partial charge < -0.3 is 20.3 Å². The minimum absolute atomic E-state index is 0. The zero-order valence-electron chi connectivity index (χ0n) is 13.1. The maximum Gasteiger partial charge on any atom is 0.410 e. The van der Waals surface area contributed by atoms with E-state index in [4.69, 9.17) is 4.74 Å². The number of halogens is 1. The number of carbonyl (C=O) groups is 1. The van der Waals surface area contributed by atoms with Gasteiger partial charge in [-0.05, 0) is 40.0 Å². The van der Waals surface area contributed by atoms with E-state index < -0.39 is 5.60 Å². The molecular formula is C14H27IN4O2. The molecule has 0 spiro atoms. The van der Waals surface area contributed by atoms with Gasteiger partial charge in [0.05, 0.1) is 0 Å². The first-order valence-electron chi connectivity index (χ1n) is 7.47. The number of amides is 1. The zero-order chi connectivity index (χ0) is 14.6. The van der Waals surface area contributed by atoms with Crippen molar-refractivity contribution in [2.24, 2.45) is 4.99 Å². The van der Waals surface area contributed by atoms with Gasteiger partial charge in [-0.2, -0.15) is 0 Å². The third kappa shape index (κ3) is 6.71. The fourth-order valence-corrected chi connectivity index (χ4v) is 2.08. The molecule has 0 saturated heterocycles. The first-order valence-corrected chi connectivity index (χ1v) is 7.47. The average Bonchev–Trinajstić information content (AvgIpc) is 3.18. The molecule has 0 aromatic carbocycles. The molecule has 1 amide bonds. The van der Waals surface area contributed by atoms with Gasteiger partial charge in [-0.1, -0.05) is 0 Å². The maximum atomic E-state index is 12.2. The Hall–Kier alpha value is -0.730. The zero-order valence-corrected chi connectivity index (χ0v) is 15.5. The number of ether oxygens (including phenoxy) is 1. The van der Waals surface area contributed by atoms with Gasteiger partial charge in [0.1, 0.15) is 5.60 Å². The van der Waals surface area contributed by atoms with E-state index in [2.05, 4.69) is 15.6 Å². The lowest BCUT2D eigenvalue weighted by Gasteiger charge is -2.27. The van der Waals surface area contributed by atoms with Crippen molar-refractivity contribution in [1.82, 2.24) is 15.5 Å². The van der Waals surface area contributed by atoms with Gasteiger partial charge >= 0.3 is 6.09 Å². The van der Waals surface area contributed by atoms with E-state index in [0.717, 1.165) is 38.3 Å². The highest BCUT2D eigenvalue weighted by molar-refractivity contribution is 14.0. The Morgan fingerprint density at radius 2 is 2.19 bits per heavy atom. The molecule has 21 heavy (non-hydrogen) atoms. The van der Waals surface area contributed by atoms with Crippen LogP contribution in [0, 0.1) is 0 Å². The summed E-state index contributed by atoms with van der Waals surface area (Å²) in [4.78, 5) is 18.3. The Bertz CT molecular complexity index is 378. The van der Waals surface area contributed by atoms with E-state index in [9.17, 15) is 4.79 Å². The highest BCUT2D eigenvalue weighted by Crippen LogP contribution is 2.27. The number of carbonyl (C=O) groups excluding carboxylic acids is 1. The average molecular weight is 410 g/mol. The molecule has 2 rings (SSSR count). The van der Waals surface area contributed by atoms with Gasteiger partial charge in [0.2, 0.25) is 0 Å². The molecular weight excluding hydrogens is 383 g/mol. The molecule has 1 saturated carbocycles. The Morgan fingerprint density at radius 1 is 1.48 bits per heavy atom. The van der Waals surface area contributed by atoms with E-state index in [0.29, 0.717) is 19.1 Å². The van der Waals surface area contributed by atoms with Gasteiger partial charge in [-0.25, -0.2) is 4.79 Å². The molecule has 0 aromatic rings. The third-order valence-corrected chi connectivity index (χ3v) is 3.16. The predicted molar refractivity (Wildman–Crippen MR) is 94.3 cm³/mol. The van der Waals surface area contributed by atoms with Crippen molar-refractivity contribution in [2.75, 3.05) is 26.2 Å². The van der Waals surface area contributed by atoms with E-state index >= 15 is 0 Å². The van der Waals surface area contributed by atoms with Crippen molar-refractivity contribution >= 4 is 36.0 Å². The van der Waals surface area contributed by atoms with Crippen LogP contribution in [-0.4, -0.2) is 54.8 Å². The Kier molecular flexibility index (Phi) is 7.02. The van der Waals surface area contributed by atoms with Crippen LogP contribution in [0.2, 0.25) is 0 Å². The smallest absolute Gasteiger partial charge is 0.410 e. The molecule has 0 radical (unpaired) electrons. The van der Waals surface area contributed by atoms with Gasteiger partial charge in [0, 0.05) is 32.2 Å². The summed E-state index contributed by atoms with van der Waals surface area (Å²) in [6.45, 7) is 8.87. The summed E-state index contributed by atoms with van der Waals surface area (Å²) < 4.78 is 5.46. The van der Waals surface area contributed by atoms with E-state index in [1.54, 1.807) is 0 Å². The first-order chi connectivity index (χ1) is 9.46. The summed E-state index contributed by atoms with van der Waals surface area (Å²) in [7, 11) is 0. The molecule has 1 aliphatic heterocycles. The van der Waals surface area contributed by atoms with E-state index in [1.165, 1.54) is 0 Å². The van der Waals surface area contributed by atoms with Crippen LogP contribution in [0.5, 0.6) is 0 Å². The number of nitrogens with zero attached hydrogens (tertiary/aromatic N) is 2. The van der Waals surface area contributed by atoms with Crippen LogP contribution >= 0.6 is 24.0 Å². The van der Waals surface area contributed by atoms with Gasteiger partial charge in [0.15, 0.2) is 5.96 Å². The molecule has 2 N–H and O–H groups in total. The van der Waals surface area contributed by atoms with Crippen molar-refractivity contribution in [3.05, 3.63) is 0 Å². The van der Waals surface area contributed by atoms with Gasteiger partial charge in [-0.15, -0.1) is 24.0 Å². The van der Waals surface area contributed by atoms with Crippen LogP contribution in [0.1, 0.15) is 40.0 Å². The van der Waals surface area contributed by atoms with Crippen LogP contribution < -0.4 is 10.6 Å². The van der Waals surface area contributed by atoms with Crippen molar-refractivity contribution in [2.45, 2.75) is 51.7 Å². The van der Waals surface area contributed by atoms with Crippen LogP contribution in [-0.2, 0) is 4.74 Å². The largest absolute Gasteiger partial charge is 0.444 e. The molecule has 0 aromatic heterocycles. The number of guanidine groups is 1. The molecule has 0 bridgehead atoms. The fourth-order valence-electron chi connectivity index (χ4n) is 2.08. The molecule has 122 valence electrons. The fraction of sp³-hybridized carbons (Fsp3) is 0.857. The van der Waals surface area contributed by atoms with Crippen LogP contribution in [0.15, 0.2) is 4.99 Å². The second kappa shape index (κ2) is 8.05. The monoisotopic (exact) mass is 410 g/mol. The number of nitrogens with one attached hydrogen (secondary N) is 2. The van der Waals surface area contributed by atoms with Crippen molar-refractivity contribution in [3.63, 3.8) is 0 Å². The predicted octanol–water partition coefficient (Wildman–Crippen LogP) is 1.94. The highest BCUT2D eigenvalue weighted by atomic mass is 127. The van der Waals surface area contributed by atoms with Crippen molar-refractivity contribution < 1.29 is 9.53 Å². The molecule has 0 unspecified atom stereocenters. The normalized spacial score (nSPS) is 18.0. The number of rotatable bonds is 4. The minimum Gasteiger partial charge on any atom is -0.444 e. The highest BCUT2D eigenvalue weighted by Gasteiger charge is 2.34. The van der Waals surface area contributed by atoms with Crippen LogP contribution in [0.4, 0.5) is 4.79 Å². The quantitative estimate of drug-likeness (QED) is 0.696. The van der Waals surface area contributed by atoms with Crippen LogP contribution in [0.3, 0.4) is 0 Å². The van der Waals surface area contributed by atoms with Crippen LogP contribution in [0.25, 0.3) is 0 Å². The van der Waals surface area contributed by atoms with Gasteiger partial charge in [0.25, 0.3) is 0 Å². The lowest BCUT2D eigenvalue weighted by Crippen LogP contribution is -2.46. The van der Waals surface area contributed by atoms with E-state index in [1.807, 2.05) is 25.7 Å². The molecule has 1 fully saturated rings. The summed E-state index contributed by atoms with van der Waals surface area (Å²) in [5.41, 5.74) is -0.438. The molecule has 0 atom stereocenters. The lowest BCUT2D eigenvalue weighted by atomic mass is 10.2. The Labute approximate surface area is 144 Å². The standard InChI is InChI=1S/C14H26N4O2.HI/c1-14(2,3)20-13(19)18(11-5-6-11)10-9-17-12-15-7-4-8-16-12;/h11H,4-10H2,1-3H3,(H2,15,16,17);1H. The Balaban J connectivity index is 0.00000220. The maximum absolute atomic E-state index is 12.2. The summed E-state index contributed by atoms with van der Waals surface area (Å²) in [6, 6.07) is 0.355. The second-order valence-corrected chi connectivity index (χ2v) is 6.34. The molecule has 1 aliphatic carbocycles. The third-order valence-electron chi connectivity index (χ3n) is 3.16. The molecule has 2 aliphatic rings. The van der Waals surface area contributed by atoms with Gasteiger partial charge in [-0.3, -0.25) is 4.99 Å². The summed E-state index contributed by atoms with van der Waals surface area (Å²) >= 11 is 0. The first kappa shape index (κ1) is 18.3. The van der Waals surface area contributed by atoms with Crippen molar-refractivity contribution in [3.8, 4) is 0 Å². The SMILES string of the molecule is CC(C)(C)OC(=O)N(CCNC1=NCCCN1)C1CC1.I. The van der Waals surface area contributed by atoms with E-state index in [-0.39, 0.29) is 30.1 Å². The molecule has 6 nitrogen and oxygen atoms in total.